The van der Waals surface area contributed by atoms with E-state index in [9.17, 15) is 9.90 Å². The molecule has 7 heteroatoms. The van der Waals surface area contributed by atoms with Gasteiger partial charge in [0.15, 0.2) is 11.0 Å². The number of aryl methyl sites for hydroxylation is 2. The highest BCUT2D eigenvalue weighted by Crippen LogP contribution is 2.26. The molecule has 3 aromatic rings. The van der Waals surface area contributed by atoms with E-state index in [4.69, 9.17) is 0 Å². The maximum absolute atomic E-state index is 12.4. The fourth-order valence-corrected chi connectivity index (χ4v) is 3.62. The van der Waals surface area contributed by atoms with Crippen molar-refractivity contribution in [3.8, 4) is 17.1 Å². The van der Waals surface area contributed by atoms with E-state index in [0.717, 1.165) is 28.2 Å². The Bertz CT molecular complexity index is 931. The van der Waals surface area contributed by atoms with Crippen molar-refractivity contribution in [2.45, 2.75) is 32.5 Å². The van der Waals surface area contributed by atoms with Crippen LogP contribution in [0, 0.1) is 13.8 Å². The second kappa shape index (κ2) is 8.26. The van der Waals surface area contributed by atoms with E-state index < -0.39 is 0 Å². The highest BCUT2D eigenvalue weighted by atomic mass is 32.2. The Kier molecular flexibility index (Phi) is 5.81. The zero-order valence-electron chi connectivity index (χ0n) is 15.6. The van der Waals surface area contributed by atoms with E-state index in [1.54, 1.807) is 24.3 Å². The Morgan fingerprint density at radius 3 is 2.41 bits per heavy atom. The van der Waals surface area contributed by atoms with Gasteiger partial charge in [0.1, 0.15) is 5.75 Å². The van der Waals surface area contributed by atoms with Gasteiger partial charge >= 0.3 is 0 Å². The van der Waals surface area contributed by atoms with Gasteiger partial charge in [-0.2, -0.15) is 0 Å². The van der Waals surface area contributed by atoms with E-state index in [1.807, 2.05) is 43.5 Å². The zero-order chi connectivity index (χ0) is 19.4. The molecule has 140 valence electrons. The summed E-state index contributed by atoms with van der Waals surface area (Å²) in [6.45, 7) is 6.65. The van der Waals surface area contributed by atoms with Crippen LogP contribution in [0.4, 0.5) is 5.69 Å². The lowest BCUT2D eigenvalue weighted by atomic mass is 10.1. The number of thioether (sulfide) groups is 1. The second-order valence-electron chi connectivity index (χ2n) is 6.20. The summed E-state index contributed by atoms with van der Waals surface area (Å²) in [7, 11) is 0. The van der Waals surface area contributed by atoms with Gasteiger partial charge in [-0.15, -0.1) is 10.2 Å². The lowest BCUT2D eigenvalue weighted by Crippen LogP contribution is -2.16. The predicted octanol–water partition coefficient (Wildman–Crippen LogP) is 4.02. The van der Waals surface area contributed by atoms with Crippen LogP contribution in [0.25, 0.3) is 11.4 Å². The molecular weight excluding hydrogens is 360 g/mol. The number of aromatic hydroxyl groups is 1. The first-order valence-corrected chi connectivity index (χ1v) is 9.69. The van der Waals surface area contributed by atoms with Gasteiger partial charge in [0.05, 0.1) is 5.75 Å². The Labute approximate surface area is 162 Å². The molecule has 0 radical (unpaired) electrons. The standard InChI is InChI=1S/C20H22N4O2S/c1-4-24-19(15-8-10-16(25)11-9-15)22-23-20(24)27-12-17(26)21-18-13(2)6-5-7-14(18)3/h5-11,25H,4,12H2,1-3H3,(H,21,26). The molecule has 6 nitrogen and oxygen atoms in total. The molecule has 3 rings (SSSR count). The summed E-state index contributed by atoms with van der Waals surface area (Å²) in [5.41, 5.74) is 3.82. The predicted molar refractivity (Wildman–Crippen MR) is 108 cm³/mol. The number of benzene rings is 2. The summed E-state index contributed by atoms with van der Waals surface area (Å²) in [5, 5.41) is 21.6. The van der Waals surface area contributed by atoms with Crippen molar-refractivity contribution in [1.82, 2.24) is 14.8 Å². The number of nitrogens with zero attached hydrogens (tertiary/aromatic N) is 3. The lowest BCUT2D eigenvalue weighted by molar-refractivity contribution is -0.113. The number of phenols is 1. The normalized spacial score (nSPS) is 10.8. The van der Waals surface area contributed by atoms with E-state index in [1.165, 1.54) is 11.8 Å². The molecule has 27 heavy (non-hydrogen) atoms. The second-order valence-corrected chi connectivity index (χ2v) is 7.14. The molecule has 1 amide bonds. The van der Waals surface area contributed by atoms with Crippen molar-refractivity contribution in [3.63, 3.8) is 0 Å². The van der Waals surface area contributed by atoms with Crippen LogP contribution >= 0.6 is 11.8 Å². The topological polar surface area (TPSA) is 80.0 Å². The van der Waals surface area contributed by atoms with Gasteiger partial charge in [-0.1, -0.05) is 30.0 Å². The third-order valence-corrected chi connectivity index (χ3v) is 5.20. The minimum Gasteiger partial charge on any atom is -0.508 e. The molecule has 0 aliphatic rings. The molecule has 2 N–H and O–H groups in total. The van der Waals surface area contributed by atoms with Gasteiger partial charge in [-0.3, -0.25) is 4.79 Å². The molecule has 0 saturated carbocycles. The van der Waals surface area contributed by atoms with Gasteiger partial charge in [-0.25, -0.2) is 0 Å². The van der Waals surface area contributed by atoms with Crippen LogP contribution in [-0.2, 0) is 11.3 Å². The number of nitrogens with one attached hydrogen (secondary N) is 1. The smallest absolute Gasteiger partial charge is 0.234 e. The zero-order valence-corrected chi connectivity index (χ0v) is 16.4. The first-order valence-electron chi connectivity index (χ1n) is 8.71. The number of hydrogen-bond acceptors (Lipinski definition) is 5. The Morgan fingerprint density at radius 2 is 1.78 bits per heavy atom. The maximum Gasteiger partial charge on any atom is 0.234 e. The number of carbonyl (C=O) groups is 1. The number of rotatable bonds is 6. The first kappa shape index (κ1) is 19.0. The van der Waals surface area contributed by atoms with Crippen LogP contribution in [0.1, 0.15) is 18.1 Å². The van der Waals surface area contributed by atoms with Crippen molar-refractivity contribution >= 4 is 23.4 Å². The van der Waals surface area contributed by atoms with Crippen LogP contribution < -0.4 is 5.32 Å². The van der Waals surface area contributed by atoms with Crippen molar-refractivity contribution in [2.24, 2.45) is 0 Å². The van der Waals surface area contributed by atoms with Crippen LogP contribution in [0.5, 0.6) is 5.75 Å². The summed E-state index contributed by atoms with van der Waals surface area (Å²) in [4.78, 5) is 12.4. The number of para-hydroxylation sites is 1. The lowest BCUT2D eigenvalue weighted by Gasteiger charge is -2.11. The number of carbonyl (C=O) groups excluding carboxylic acids is 1. The molecule has 0 aliphatic heterocycles. The molecule has 1 aromatic heterocycles. The third-order valence-electron chi connectivity index (χ3n) is 4.24. The number of phenolic OH excluding ortho intramolecular Hbond substituents is 1. The van der Waals surface area contributed by atoms with Crippen LogP contribution in [-0.4, -0.2) is 31.5 Å². The van der Waals surface area contributed by atoms with Crippen molar-refractivity contribution in [2.75, 3.05) is 11.1 Å². The van der Waals surface area contributed by atoms with Gasteiger partial charge in [0.25, 0.3) is 0 Å². The molecule has 0 aliphatic carbocycles. The minimum atomic E-state index is -0.0748. The monoisotopic (exact) mass is 382 g/mol. The minimum absolute atomic E-state index is 0.0748. The third kappa shape index (κ3) is 4.31. The number of anilines is 1. The summed E-state index contributed by atoms with van der Waals surface area (Å²) in [6.07, 6.45) is 0. The fourth-order valence-electron chi connectivity index (χ4n) is 2.82. The summed E-state index contributed by atoms with van der Waals surface area (Å²) in [6, 6.07) is 12.8. The molecule has 0 unspecified atom stereocenters. The van der Waals surface area contributed by atoms with Crippen LogP contribution in [0.3, 0.4) is 0 Å². The summed E-state index contributed by atoms with van der Waals surface area (Å²) >= 11 is 1.36. The Balaban J connectivity index is 1.71. The molecule has 1 heterocycles. The van der Waals surface area contributed by atoms with Gasteiger partial charge < -0.3 is 15.0 Å². The Morgan fingerprint density at radius 1 is 1.11 bits per heavy atom. The average molecular weight is 382 g/mol. The number of aromatic nitrogens is 3. The van der Waals surface area contributed by atoms with Crippen molar-refractivity contribution in [1.29, 1.82) is 0 Å². The average Bonchev–Trinajstić information content (AvgIpc) is 3.06. The van der Waals surface area contributed by atoms with E-state index in [-0.39, 0.29) is 17.4 Å². The van der Waals surface area contributed by atoms with Crippen LogP contribution in [0.2, 0.25) is 0 Å². The molecule has 0 spiro atoms. The van der Waals surface area contributed by atoms with E-state index in [0.29, 0.717) is 11.7 Å². The molecule has 0 saturated heterocycles. The van der Waals surface area contributed by atoms with Gasteiger partial charge in [0.2, 0.25) is 5.91 Å². The maximum atomic E-state index is 12.4. The fraction of sp³-hybridized carbons (Fsp3) is 0.250. The highest BCUT2D eigenvalue weighted by molar-refractivity contribution is 7.99. The van der Waals surface area contributed by atoms with E-state index >= 15 is 0 Å². The van der Waals surface area contributed by atoms with Crippen LogP contribution in [0.15, 0.2) is 47.6 Å². The van der Waals surface area contributed by atoms with Gasteiger partial charge in [-0.05, 0) is 56.2 Å². The molecule has 2 aromatic carbocycles. The van der Waals surface area contributed by atoms with Crippen molar-refractivity contribution in [3.05, 3.63) is 53.6 Å². The van der Waals surface area contributed by atoms with Gasteiger partial charge in [0, 0.05) is 17.8 Å². The molecular formula is C20H22N4O2S. The largest absolute Gasteiger partial charge is 0.508 e. The van der Waals surface area contributed by atoms with Crippen molar-refractivity contribution < 1.29 is 9.90 Å². The summed E-state index contributed by atoms with van der Waals surface area (Å²) in [5.74, 6) is 1.10. The number of hydrogen-bond donors (Lipinski definition) is 2. The quantitative estimate of drug-likeness (QED) is 0.630. The highest BCUT2D eigenvalue weighted by Gasteiger charge is 2.15. The first-order chi connectivity index (χ1) is 13.0. The molecule has 0 fully saturated rings. The molecule has 0 bridgehead atoms. The molecule has 0 atom stereocenters. The Hall–Kier alpha value is -2.80. The van der Waals surface area contributed by atoms with E-state index in [2.05, 4.69) is 15.5 Å². The SMILES string of the molecule is CCn1c(SCC(=O)Nc2c(C)cccc2C)nnc1-c1ccc(O)cc1. The number of amides is 1. The summed E-state index contributed by atoms with van der Waals surface area (Å²) < 4.78 is 1.96.